The van der Waals surface area contributed by atoms with Crippen LogP contribution in [0.1, 0.15) is 20.8 Å². The molecule has 0 fully saturated rings. The summed E-state index contributed by atoms with van der Waals surface area (Å²) >= 11 is 0. The minimum atomic E-state index is 0.764. The van der Waals surface area contributed by atoms with E-state index < -0.39 is 0 Å². The van der Waals surface area contributed by atoms with Crippen LogP contribution in [0.15, 0.2) is 0 Å². The predicted molar refractivity (Wildman–Crippen MR) is 50.9 cm³/mol. The summed E-state index contributed by atoms with van der Waals surface area (Å²) in [7, 11) is 2.17. The molecule has 0 aliphatic rings. The van der Waals surface area contributed by atoms with Crippen LogP contribution in [-0.4, -0.2) is 38.1 Å². The largest absolute Gasteiger partial charge is 0.317 e. The maximum atomic E-state index is 3.35. The molecule has 1 N–H and O–H groups in total. The van der Waals surface area contributed by atoms with Gasteiger partial charge < -0.3 is 10.2 Å². The van der Waals surface area contributed by atoms with Gasteiger partial charge in [-0.3, -0.25) is 0 Å². The van der Waals surface area contributed by atoms with Crippen molar-refractivity contribution in [3.05, 3.63) is 0 Å². The molecule has 0 heterocycles. The number of rotatable bonds is 6. The van der Waals surface area contributed by atoms with E-state index in [-0.39, 0.29) is 0 Å². The van der Waals surface area contributed by atoms with Gasteiger partial charge in [-0.25, -0.2) is 0 Å². The monoisotopic (exact) mass is 158 g/mol. The third kappa shape index (κ3) is 6.32. The van der Waals surface area contributed by atoms with E-state index in [0.29, 0.717) is 0 Å². The Morgan fingerprint density at radius 2 is 2.00 bits per heavy atom. The summed E-state index contributed by atoms with van der Waals surface area (Å²) in [6.07, 6.45) is 0. The molecule has 0 aliphatic carbocycles. The highest BCUT2D eigenvalue weighted by Crippen LogP contribution is 1.95. The minimum absolute atomic E-state index is 0.764. The summed E-state index contributed by atoms with van der Waals surface area (Å²) in [5.74, 6) is 0.764. The van der Waals surface area contributed by atoms with Gasteiger partial charge in [0.2, 0.25) is 0 Å². The van der Waals surface area contributed by atoms with Crippen LogP contribution in [0.3, 0.4) is 0 Å². The van der Waals surface area contributed by atoms with Crippen LogP contribution in [0.5, 0.6) is 0 Å². The summed E-state index contributed by atoms with van der Waals surface area (Å²) in [4.78, 5) is 2.35. The second kappa shape index (κ2) is 6.62. The van der Waals surface area contributed by atoms with Crippen LogP contribution in [0.2, 0.25) is 0 Å². The quantitative estimate of drug-likeness (QED) is 0.624. The summed E-state index contributed by atoms with van der Waals surface area (Å²) in [5.41, 5.74) is 0. The molecule has 2 nitrogen and oxygen atoms in total. The van der Waals surface area contributed by atoms with Crippen molar-refractivity contribution in [2.24, 2.45) is 5.92 Å². The zero-order chi connectivity index (χ0) is 8.69. The third-order valence-corrected chi connectivity index (χ3v) is 1.91. The molecule has 0 rings (SSSR count). The van der Waals surface area contributed by atoms with Crippen molar-refractivity contribution >= 4 is 0 Å². The maximum absolute atomic E-state index is 3.35. The summed E-state index contributed by atoms with van der Waals surface area (Å²) < 4.78 is 0. The van der Waals surface area contributed by atoms with E-state index in [0.717, 1.165) is 25.6 Å². The van der Waals surface area contributed by atoms with E-state index in [4.69, 9.17) is 0 Å². The Hall–Kier alpha value is -0.0800. The van der Waals surface area contributed by atoms with Crippen LogP contribution >= 0.6 is 0 Å². The minimum Gasteiger partial charge on any atom is -0.317 e. The van der Waals surface area contributed by atoms with Crippen molar-refractivity contribution in [1.82, 2.24) is 10.2 Å². The molecule has 0 radical (unpaired) electrons. The van der Waals surface area contributed by atoms with Crippen LogP contribution in [0.25, 0.3) is 0 Å². The normalized spacial score (nSPS) is 13.9. The molecule has 2 heteroatoms. The van der Waals surface area contributed by atoms with Gasteiger partial charge in [-0.2, -0.15) is 0 Å². The van der Waals surface area contributed by atoms with Crippen LogP contribution < -0.4 is 5.32 Å². The molecule has 0 spiro atoms. The molecule has 1 atom stereocenters. The van der Waals surface area contributed by atoms with Gasteiger partial charge in [0.15, 0.2) is 0 Å². The van der Waals surface area contributed by atoms with E-state index in [1.54, 1.807) is 0 Å². The van der Waals surface area contributed by atoms with Crippen molar-refractivity contribution in [1.29, 1.82) is 0 Å². The first kappa shape index (κ1) is 10.9. The first-order valence-corrected chi connectivity index (χ1v) is 4.59. The average Bonchev–Trinajstić information content (AvgIpc) is 2.00. The summed E-state index contributed by atoms with van der Waals surface area (Å²) in [6.45, 7) is 11.2. The molecule has 0 aliphatic heterocycles. The Morgan fingerprint density at radius 1 is 1.36 bits per heavy atom. The topological polar surface area (TPSA) is 15.3 Å². The third-order valence-electron chi connectivity index (χ3n) is 1.91. The predicted octanol–water partition coefficient (Wildman–Crippen LogP) is 1.18. The Balaban J connectivity index is 3.27. The average molecular weight is 158 g/mol. The molecule has 1 unspecified atom stereocenters. The highest BCUT2D eigenvalue weighted by atomic mass is 15.1. The first-order chi connectivity index (χ1) is 5.20. The second-order valence-corrected chi connectivity index (χ2v) is 3.27. The lowest BCUT2D eigenvalue weighted by Crippen LogP contribution is -2.30. The zero-order valence-corrected chi connectivity index (χ0v) is 8.35. The van der Waals surface area contributed by atoms with E-state index in [2.05, 4.69) is 38.0 Å². The highest BCUT2D eigenvalue weighted by Gasteiger charge is 2.02. The molecule has 0 saturated heterocycles. The van der Waals surface area contributed by atoms with Gasteiger partial charge in [-0.15, -0.1) is 0 Å². The van der Waals surface area contributed by atoms with Gasteiger partial charge in [-0.1, -0.05) is 20.8 Å². The van der Waals surface area contributed by atoms with Gasteiger partial charge in [0.1, 0.15) is 0 Å². The smallest absolute Gasteiger partial charge is 0.00160 e. The van der Waals surface area contributed by atoms with Gasteiger partial charge in [0, 0.05) is 6.54 Å². The fourth-order valence-electron chi connectivity index (χ4n) is 1.12. The molecule has 0 bridgehead atoms. The standard InChI is InChI=1S/C9H22N2/c1-5-10-7-9(3)8-11(4)6-2/h9-10H,5-8H2,1-4H3. The van der Waals surface area contributed by atoms with Gasteiger partial charge >= 0.3 is 0 Å². The van der Waals surface area contributed by atoms with Gasteiger partial charge in [0.05, 0.1) is 0 Å². The lowest BCUT2D eigenvalue weighted by atomic mass is 10.1. The Bertz CT molecular complexity index is 83.6. The van der Waals surface area contributed by atoms with Crippen LogP contribution in [0, 0.1) is 5.92 Å². The fourth-order valence-corrected chi connectivity index (χ4v) is 1.12. The fraction of sp³-hybridized carbons (Fsp3) is 1.00. The summed E-state index contributed by atoms with van der Waals surface area (Å²) in [5, 5.41) is 3.35. The molecular formula is C9H22N2. The Labute approximate surface area is 71.0 Å². The van der Waals surface area contributed by atoms with Crippen molar-refractivity contribution in [3.63, 3.8) is 0 Å². The molecule has 0 saturated carbocycles. The molecule has 68 valence electrons. The van der Waals surface area contributed by atoms with Gasteiger partial charge in [0.25, 0.3) is 0 Å². The molecule has 0 aromatic heterocycles. The molecule has 0 amide bonds. The molecular weight excluding hydrogens is 136 g/mol. The second-order valence-electron chi connectivity index (χ2n) is 3.27. The SMILES string of the molecule is CCNCC(C)CN(C)CC. The van der Waals surface area contributed by atoms with Crippen LogP contribution in [0.4, 0.5) is 0 Å². The lowest BCUT2D eigenvalue weighted by molar-refractivity contribution is 0.294. The van der Waals surface area contributed by atoms with E-state index in [1.165, 1.54) is 6.54 Å². The van der Waals surface area contributed by atoms with E-state index in [9.17, 15) is 0 Å². The Morgan fingerprint density at radius 3 is 2.45 bits per heavy atom. The number of hydrogen-bond donors (Lipinski definition) is 1. The van der Waals surface area contributed by atoms with Gasteiger partial charge in [-0.05, 0) is 32.6 Å². The molecule has 11 heavy (non-hydrogen) atoms. The Kier molecular flexibility index (Phi) is 6.57. The van der Waals surface area contributed by atoms with E-state index in [1.807, 2.05) is 0 Å². The van der Waals surface area contributed by atoms with E-state index >= 15 is 0 Å². The first-order valence-electron chi connectivity index (χ1n) is 4.59. The highest BCUT2D eigenvalue weighted by molar-refractivity contribution is 4.59. The zero-order valence-electron chi connectivity index (χ0n) is 8.35. The van der Waals surface area contributed by atoms with Crippen LogP contribution in [-0.2, 0) is 0 Å². The maximum Gasteiger partial charge on any atom is 0.00160 e. The number of nitrogens with zero attached hydrogens (tertiary/aromatic N) is 1. The molecule has 0 aromatic rings. The van der Waals surface area contributed by atoms with Crippen molar-refractivity contribution in [3.8, 4) is 0 Å². The number of hydrogen-bond acceptors (Lipinski definition) is 2. The lowest BCUT2D eigenvalue weighted by Gasteiger charge is -2.19. The summed E-state index contributed by atoms with van der Waals surface area (Å²) in [6, 6.07) is 0. The van der Waals surface area contributed by atoms with Crippen molar-refractivity contribution < 1.29 is 0 Å². The van der Waals surface area contributed by atoms with Crippen molar-refractivity contribution in [2.45, 2.75) is 20.8 Å². The number of nitrogens with one attached hydrogen (secondary N) is 1. The van der Waals surface area contributed by atoms with Crippen molar-refractivity contribution in [2.75, 3.05) is 33.2 Å². The molecule has 0 aromatic carbocycles.